The molecule has 1 N–H and O–H groups in total. The normalized spacial score (nSPS) is 31.4. The van der Waals surface area contributed by atoms with Gasteiger partial charge in [-0.3, -0.25) is 0 Å². The number of carbonyl (C=O) groups is 2. The Kier molecular flexibility index (Phi) is 7.61. The fraction of sp³-hybridized carbons (Fsp3) is 0.571. The topological polar surface area (TPSA) is 82.1 Å². The van der Waals surface area contributed by atoms with Crippen LogP contribution in [0.4, 0.5) is 0 Å². The lowest BCUT2D eigenvalue weighted by molar-refractivity contribution is -0.166. The molecule has 186 valence electrons. The van der Waals surface area contributed by atoms with Crippen molar-refractivity contribution in [3.8, 4) is 5.75 Å². The summed E-state index contributed by atoms with van der Waals surface area (Å²) in [6, 6.07) is 6.80. The highest BCUT2D eigenvalue weighted by atomic mass is 16.6. The Morgan fingerprint density at radius 1 is 1.15 bits per heavy atom. The highest BCUT2D eigenvalue weighted by Gasteiger charge is 2.63. The first-order chi connectivity index (χ1) is 16.0. The highest BCUT2D eigenvalue weighted by molar-refractivity contribution is 5.90. The summed E-state index contributed by atoms with van der Waals surface area (Å²) in [6.45, 7) is 11.5. The number of aliphatic hydroxyl groups is 1. The third-order valence-electron chi connectivity index (χ3n) is 7.87. The van der Waals surface area contributed by atoms with Crippen LogP contribution in [0.2, 0.25) is 0 Å². The first kappa shape index (κ1) is 26.0. The van der Waals surface area contributed by atoms with Crippen LogP contribution < -0.4 is 4.74 Å². The molecule has 5 atom stereocenters. The maximum absolute atomic E-state index is 13.1. The largest absolute Gasteiger partial charge is 0.497 e. The van der Waals surface area contributed by atoms with E-state index in [4.69, 9.17) is 14.2 Å². The number of hydrogen-bond acceptors (Lipinski definition) is 6. The first-order valence-electron chi connectivity index (χ1n) is 12.0. The molecule has 34 heavy (non-hydrogen) atoms. The fourth-order valence-corrected chi connectivity index (χ4v) is 5.55. The van der Waals surface area contributed by atoms with Crippen LogP contribution in [-0.2, 0) is 14.3 Å². The molecule has 1 fully saturated rings. The SMILES string of the molecule is CC=C(C)C(=O)O[C@H]1CC(C)=C[C@@H](OC(=O)c2ccc(OC)cc2)[C@@]2(C)CC[C@@](O)(C(C)C)[C@H]12. The molecule has 0 spiro atoms. The molecule has 0 heterocycles. The van der Waals surface area contributed by atoms with Crippen LogP contribution in [0.15, 0.2) is 47.6 Å². The molecule has 0 amide bonds. The van der Waals surface area contributed by atoms with Crippen molar-refractivity contribution < 1.29 is 28.9 Å². The molecule has 0 radical (unpaired) electrons. The van der Waals surface area contributed by atoms with Crippen molar-refractivity contribution in [2.24, 2.45) is 17.3 Å². The Bertz CT molecular complexity index is 975. The van der Waals surface area contributed by atoms with Gasteiger partial charge < -0.3 is 19.3 Å². The lowest BCUT2D eigenvalue weighted by Crippen LogP contribution is -2.53. The number of fused-ring (bicyclic) bond motifs is 1. The van der Waals surface area contributed by atoms with Gasteiger partial charge in [0.05, 0.1) is 18.3 Å². The number of benzene rings is 1. The molecule has 0 aliphatic heterocycles. The number of carbonyl (C=O) groups excluding carboxylic acids is 2. The summed E-state index contributed by atoms with van der Waals surface area (Å²) in [4.78, 5) is 25.8. The Balaban J connectivity index is 1.99. The van der Waals surface area contributed by atoms with Crippen molar-refractivity contribution in [3.05, 3.63) is 53.1 Å². The molecular formula is C28H38O6. The van der Waals surface area contributed by atoms with E-state index < -0.39 is 35.1 Å². The third-order valence-corrected chi connectivity index (χ3v) is 7.87. The summed E-state index contributed by atoms with van der Waals surface area (Å²) in [5, 5.41) is 11.9. The quantitative estimate of drug-likeness (QED) is 0.347. The zero-order valence-electron chi connectivity index (χ0n) is 21.4. The van der Waals surface area contributed by atoms with Gasteiger partial charge in [0.15, 0.2) is 0 Å². The monoisotopic (exact) mass is 470 g/mol. The van der Waals surface area contributed by atoms with Gasteiger partial charge in [-0.1, -0.05) is 32.4 Å². The van der Waals surface area contributed by atoms with Gasteiger partial charge in [0.2, 0.25) is 0 Å². The van der Waals surface area contributed by atoms with E-state index in [1.54, 1.807) is 51.3 Å². The van der Waals surface area contributed by atoms with Gasteiger partial charge in [0.1, 0.15) is 18.0 Å². The Labute approximate surface area is 203 Å². The van der Waals surface area contributed by atoms with Crippen molar-refractivity contribution in [1.29, 1.82) is 0 Å². The second-order valence-electron chi connectivity index (χ2n) is 10.3. The van der Waals surface area contributed by atoms with Crippen molar-refractivity contribution in [3.63, 3.8) is 0 Å². The summed E-state index contributed by atoms with van der Waals surface area (Å²) < 4.78 is 17.3. The lowest BCUT2D eigenvalue weighted by Gasteiger charge is -2.45. The number of methoxy groups -OCH3 is 1. The van der Waals surface area contributed by atoms with Gasteiger partial charge in [0, 0.05) is 23.3 Å². The van der Waals surface area contributed by atoms with E-state index in [-0.39, 0.29) is 11.9 Å². The van der Waals surface area contributed by atoms with Crippen molar-refractivity contribution in [2.45, 2.75) is 78.6 Å². The average Bonchev–Trinajstić information content (AvgIpc) is 3.04. The maximum atomic E-state index is 13.1. The molecule has 2 aliphatic rings. The van der Waals surface area contributed by atoms with E-state index in [0.29, 0.717) is 36.1 Å². The van der Waals surface area contributed by atoms with Gasteiger partial charge in [-0.05, 0) is 69.9 Å². The minimum absolute atomic E-state index is 0.0558. The van der Waals surface area contributed by atoms with Crippen LogP contribution in [0.3, 0.4) is 0 Å². The summed E-state index contributed by atoms with van der Waals surface area (Å²) >= 11 is 0. The minimum Gasteiger partial charge on any atom is -0.497 e. The number of hydrogen-bond donors (Lipinski definition) is 1. The molecular weight excluding hydrogens is 432 g/mol. The van der Waals surface area contributed by atoms with Gasteiger partial charge in [0.25, 0.3) is 0 Å². The van der Waals surface area contributed by atoms with Gasteiger partial charge >= 0.3 is 11.9 Å². The van der Waals surface area contributed by atoms with Gasteiger partial charge in [-0.2, -0.15) is 0 Å². The molecule has 6 nitrogen and oxygen atoms in total. The van der Waals surface area contributed by atoms with Gasteiger partial charge in [-0.25, -0.2) is 9.59 Å². The molecule has 0 saturated heterocycles. The average molecular weight is 471 g/mol. The fourth-order valence-electron chi connectivity index (χ4n) is 5.55. The predicted octanol–water partition coefficient (Wildman–Crippen LogP) is 5.25. The van der Waals surface area contributed by atoms with Crippen molar-refractivity contribution >= 4 is 11.9 Å². The standard InChI is InChI=1S/C28H38O6/c1-8-19(5)25(29)33-22-15-18(4)16-23(27(6)13-14-28(31,17(2)3)24(22)27)34-26(30)20-9-11-21(32-7)12-10-20/h8-12,16-17,22-24,31H,13-15H2,1-7H3/t22-,23+,24+,27+,28+/m0/s1. The van der Waals surface area contributed by atoms with E-state index in [9.17, 15) is 14.7 Å². The molecule has 3 rings (SSSR count). The van der Waals surface area contributed by atoms with Crippen LogP contribution in [-0.4, -0.2) is 42.0 Å². The highest BCUT2D eigenvalue weighted by Crippen LogP contribution is 2.58. The smallest absolute Gasteiger partial charge is 0.338 e. The number of esters is 2. The number of rotatable bonds is 6. The predicted molar refractivity (Wildman–Crippen MR) is 131 cm³/mol. The second-order valence-corrected chi connectivity index (χ2v) is 10.3. The molecule has 1 aromatic carbocycles. The zero-order valence-corrected chi connectivity index (χ0v) is 21.4. The van der Waals surface area contributed by atoms with E-state index in [1.807, 2.05) is 33.8 Å². The lowest BCUT2D eigenvalue weighted by atomic mass is 9.66. The van der Waals surface area contributed by atoms with Crippen LogP contribution in [0.5, 0.6) is 5.75 Å². The second kappa shape index (κ2) is 9.95. The zero-order chi connectivity index (χ0) is 25.3. The van der Waals surface area contributed by atoms with Gasteiger partial charge in [-0.15, -0.1) is 0 Å². The number of allylic oxidation sites excluding steroid dienone is 1. The minimum atomic E-state index is -1.05. The van der Waals surface area contributed by atoms with Crippen molar-refractivity contribution in [1.82, 2.24) is 0 Å². The first-order valence-corrected chi connectivity index (χ1v) is 12.0. The maximum Gasteiger partial charge on any atom is 0.338 e. The van der Waals surface area contributed by atoms with E-state index in [0.717, 1.165) is 5.57 Å². The molecule has 1 aromatic rings. The summed E-state index contributed by atoms with van der Waals surface area (Å²) in [6.07, 6.45) is 4.28. The Morgan fingerprint density at radius 3 is 2.35 bits per heavy atom. The van der Waals surface area contributed by atoms with Crippen molar-refractivity contribution in [2.75, 3.05) is 7.11 Å². The van der Waals surface area contributed by atoms with E-state index >= 15 is 0 Å². The molecule has 6 heteroatoms. The Morgan fingerprint density at radius 2 is 1.79 bits per heavy atom. The summed E-state index contributed by atoms with van der Waals surface area (Å²) in [7, 11) is 1.57. The molecule has 1 saturated carbocycles. The molecule has 0 unspecified atom stereocenters. The van der Waals surface area contributed by atoms with Crippen LogP contribution in [0.1, 0.15) is 71.2 Å². The molecule has 0 aromatic heterocycles. The van der Waals surface area contributed by atoms with Crippen LogP contribution in [0.25, 0.3) is 0 Å². The van der Waals surface area contributed by atoms with E-state index in [2.05, 4.69) is 0 Å². The van der Waals surface area contributed by atoms with Crippen LogP contribution in [0, 0.1) is 17.3 Å². The van der Waals surface area contributed by atoms with E-state index in [1.165, 1.54) is 0 Å². The third kappa shape index (κ3) is 4.78. The molecule has 0 bridgehead atoms. The number of ether oxygens (including phenoxy) is 3. The Hall–Kier alpha value is -2.60. The van der Waals surface area contributed by atoms with Crippen LogP contribution >= 0.6 is 0 Å². The molecule has 2 aliphatic carbocycles. The summed E-state index contributed by atoms with van der Waals surface area (Å²) in [5.74, 6) is -0.602. The summed E-state index contributed by atoms with van der Waals surface area (Å²) in [5.41, 5.74) is 0.270.